The van der Waals surface area contributed by atoms with Crippen LogP contribution in [0.5, 0.6) is 0 Å². The SMILES string of the molecule is CNc1ccnc(C2CCCS2)n1. The first-order valence-electron chi connectivity index (χ1n) is 4.52. The fourth-order valence-corrected chi connectivity index (χ4v) is 2.66. The molecule has 0 aromatic carbocycles. The van der Waals surface area contributed by atoms with Crippen molar-refractivity contribution < 1.29 is 0 Å². The number of thioether (sulfide) groups is 1. The summed E-state index contributed by atoms with van der Waals surface area (Å²) in [6, 6.07) is 1.89. The third-order valence-corrected chi connectivity index (χ3v) is 3.52. The van der Waals surface area contributed by atoms with Crippen LogP contribution in [-0.2, 0) is 0 Å². The Bertz CT molecular complexity index is 284. The number of hydrogen-bond donors (Lipinski definition) is 1. The Kier molecular flexibility index (Phi) is 2.68. The van der Waals surface area contributed by atoms with Gasteiger partial charge in [-0.05, 0) is 24.7 Å². The molecule has 3 nitrogen and oxygen atoms in total. The molecule has 1 aromatic heterocycles. The molecular formula is C9H13N3S. The molecule has 13 heavy (non-hydrogen) atoms. The van der Waals surface area contributed by atoms with Gasteiger partial charge in [0.05, 0.1) is 5.25 Å². The van der Waals surface area contributed by atoms with Crippen LogP contribution < -0.4 is 5.32 Å². The third kappa shape index (κ3) is 1.94. The second kappa shape index (κ2) is 3.96. The normalized spacial score (nSPS) is 21.8. The van der Waals surface area contributed by atoms with E-state index >= 15 is 0 Å². The summed E-state index contributed by atoms with van der Waals surface area (Å²) in [6.45, 7) is 0. The lowest BCUT2D eigenvalue weighted by Gasteiger charge is -2.07. The van der Waals surface area contributed by atoms with E-state index in [2.05, 4.69) is 15.3 Å². The molecule has 1 aliphatic rings. The molecule has 0 amide bonds. The van der Waals surface area contributed by atoms with Crippen molar-refractivity contribution in [3.63, 3.8) is 0 Å². The number of aromatic nitrogens is 2. The molecular weight excluding hydrogens is 182 g/mol. The molecule has 1 unspecified atom stereocenters. The Morgan fingerprint density at radius 1 is 1.62 bits per heavy atom. The summed E-state index contributed by atoms with van der Waals surface area (Å²) in [6.07, 6.45) is 4.34. The van der Waals surface area contributed by atoms with E-state index in [4.69, 9.17) is 0 Å². The van der Waals surface area contributed by atoms with Gasteiger partial charge < -0.3 is 5.32 Å². The molecule has 0 aliphatic carbocycles. The van der Waals surface area contributed by atoms with E-state index in [-0.39, 0.29) is 0 Å². The van der Waals surface area contributed by atoms with Gasteiger partial charge in [0.2, 0.25) is 0 Å². The van der Waals surface area contributed by atoms with Gasteiger partial charge >= 0.3 is 0 Å². The van der Waals surface area contributed by atoms with Crippen molar-refractivity contribution in [3.8, 4) is 0 Å². The molecule has 2 heterocycles. The summed E-state index contributed by atoms with van der Waals surface area (Å²) >= 11 is 1.96. The van der Waals surface area contributed by atoms with Gasteiger partial charge in [-0.15, -0.1) is 0 Å². The first-order valence-corrected chi connectivity index (χ1v) is 5.57. The minimum atomic E-state index is 0.522. The minimum absolute atomic E-state index is 0.522. The van der Waals surface area contributed by atoms with Gasteiger partial charge in [0.1, 0.15) is 11.6 Å². The molecule has 0 spiro atoms. The van der Waals surface area contributed by atoms with Gasteiger partial charge in [0.25, 0.3) is 0 Å². The molecule has 0 bridgehead atoms. The Balaban J connectivity index is 2.18. The molecule has 1 aliphatic heterocycles. The highest BCUT2D eigenvalue weighted by Crippen LogP contribution is 2.38. The van der Waals surface area contributed by atoms with E-state index in [0.717, 1.165) is 11.6 Å². The average Bonchev–Trinajstić information content (AvgIpc) is 2.71. The first-order chi connectivity index (χ1) is 6.40. The topological polar surface area (TPSA) is 37.8 Å². The Hall–Kier alpha value is -0.770. The van der Waals surface area contributed by atoms with E-state index < -0.39 is 0 Å². The van der Waals surface area contributed by atoms with E-state index in [1.165, 1.54) is 18.6 Å². The maximum Gasteiger partial charge on any atom is 0.143 e. The average molecular weight is 195 g/mol. The summed E-state index contributed by atoms with van der Waals surface area (Å²) in [7, 11) is 1.88. The smallest absolute Gasteiger partial charge is 0.143 e. The van der Waals surface area contributed by atoms with Crippen LogP contribution in [0.2, 0.25) is 0 Å². The van der Waals surface area contributed by atoms with Crippen molar-refractivity contribution in [3.05, 3.63) is 18.1 Å². The summed E-state index contributed by atoms with van der Waals surface area (Å²) in [4.78, 5) is 8.73. The monoisotopic (exact) mass is 195 g/mol. The van der Waals surface area contributed by atoms with E-state index in [1.807, 2.05) is 31.1 Å². The van der Waals surface area contributed by atoms with Gasteiger partial charge in [0.15, 0.2) is 0 Å². The van der Waals surface area contributed by atoms with Crippen molar-refractivity contribution in [2.75, 3.05) is 18.1 Å². The van der Waals surface area contributed by atoms with E-state index in [9.17, 15) is 0 Å². The Morgan fingerprint density at radius 2 is 2.54 bits per heavy atom. The highest BCUT2D eigenvalue weighted by molar-refractivity contribution is 7.99. The van der Waals surface area contributed by atoms with Crippen LogP contribution in [0.25, 0.3) is 0 Å². The van der Waals surface area contributed by atoms with E-state index in [1.54, 1.807) is 0 Å². The number of nitrogens with zero attached hydrogens (tertiary/aromatic N) is 2. The maximum atomic E-state index is 4.43. The van der Waals surface area contributed by atoms with E-state index in [0.29, 0.717) is 5.25 Å². The van der Waals surface area contributed by atoms with Crippen LogP contribution in [0.15, 0.2) is 12.3 Å². The highest BCUT2D eigenvalue weighted by atomic mass is 32.2. The van der Waals surface area contributed by atoms with Gasteiger partial charge in [0, 0.05) is 13.2 Å². The largest absolute Gasteiger partial charge is 0.373 e. The molecule has 1 atom stereocenters. The lowest BCUT2D eigenvalue weighted by molar-refractivity contribution is 0.778. The van der Waals surface area contributed by atoms with Crippen molar-refractivity contribution >= 4 is 17.6 Å². The fraction of sp³-hybridized carbons (Fsp3) is 0.556. The number of anilines is 1. The van der Waals surface area contributed by atoms with Gasteiger partial charge in [-0.25, -0.2) is 9.97 Å². The molecule has 1 fully saturated rings. The van der Waals surface area contributed by atoms with Crippen molar-refractivity contribution in [2.45, 2.75) is 18.1 Å². The number of nitrogens with one attached hydrogen (secondary N) is 1. The second-order valence-corrected chi connectivity index (χ2v) is 4.36. The lowest BCUT2D eigenvalue weighted by atomic mass is 10.2. The molecule has 1 N–H and O–H groups in total. The maximum absolute atomic E-state index is 4.43. The minimum Gasteiger partial charge on any atom is -0.373 e. The molecule has 0 radical (unpaired) electrons. The van der Waals surface area contributed by atoms with Gasteiger partial charge in [-0.2, -0.15) is 11.8 Å². The quantitative estimate of drug-likeness (QED) is 0.784. The third-order valence-electron chi connectivity index (χ3n) is 2.15. The zero-order valence-electron chi connectivity index (χ0n) is 7.66. The standard InChI is InChI=1S/C9H13N3S/c1-10-8-4-5-11-9(12-8)7-3-2-6-13-7/h4-5,7H,2-3,6H2,1H3,(H,10,11,12). The lowest BCUT2D eigenvalue weighted by Crippen LogP contribution is -2.00. The molecule has 0 saturated carbocycles. The van der Waals surface area contributed by atoms with Crippen LogP contribution in [0, 0.1) is 0 Å². The molecule has 2 rings (SSSR count). The molecule has 70 valence electrons. The Labute approximate surface area is 82.4 Å². The zero-order chi connectivity index (χ0) is 9.10. The van der Waals surface area contributed by atoms with Crippen molar-refractivity contribution in [2.24, 2.45) is 0 Å². The summed E-state index contributed by atoms with van der Waals surface area (Å²) < 4.78 is 0. The molecule has 1 aromatic rings. The highest BCUT2D eigenvalue weighted by Gasteiger charge is 2.20. The first kappa shape index (κ1) is 8.81. The van der Waals surface area contributed by atoms with Crippen LogP contribution in [-0.4, -0.2) is 22.8 Å². The molecule has 1 saturated heterocycles. The predicted octanol–water partition coefficient (Wildman–Crippen LogP) is 2.09. The number of hydrogen-bond acceptors (Lipinski definition) is 4. The summed E-state index contributed by atoms with van der Waals surface area (Å²) in [5.74, 6) is 3.14. The van der Waals surface area contributed by atoms with Gasteiger partial charge in [-0.3, -0.25) is 0 Å². The van der Waals surface area contributed by atoms with Crippen LogP contribution >= 0.6 is 11.8 Å². The van der Waals surface area contributed by atoms with Crippen molar-refractivity contribution in [1.29, 1.82) is 0 Å². The second-order valence-electron chi connectivity index (χ2n) is 3.05. The summed E-state index contributed by atoms with van der Waals surface area (Å²) in [5.41, 5.74) is 0. The van der Waals surface area contributed by atoms with Crippen LogP contribution in [0.4, 0.5) is 5.82 Å². The van der Waals surface area contributed by atoms with Crippen LogP contribution in [0.3, 0.4) is 0 Å². The Morgan fingerprint density at radius 3 is 3.23 bits per heavy atom. The van der Waals surface area contributed by atoms with Crippen molar-refractivity contribution in [1.82, 2.24) is 9.97 Å². The zero-order valence-corrected chi connectivity index (χ0v) is 8.47. The predicted molar refractivity (Wildman–Crippen MR) is 56.0 cm³/mol. The van der Waals surface area contributed by atoms with Crippen LogP contribution in [0.1, 0.15) is 23.9 Å². The summed E-state index contributed by atoms with van der Waals surface area (Å²) in [5, 5.41) is 3.55. The molecule has 4 heteroatoms. The number of rotatable bonds is 2. The fourth-order valence-electron chi connectivity index (χ4n) is 1.45. The van der Waals surface area contributed by atoms with Gasteiger partial charge in [-0.1, -0.05) is 0 Å².